The van der Waals surface area contributed by atoms with Crippen molar-refractivity contribution in [3.8, 4) is 0 Å². The molecule has 2 aromatic carbocycles. The topological polar surface area (TPSA) is 61.4 Å². The molecule has 1 atom stereocenters. The fraction of sp³-hybridized carbons (Fsp3) is 0.333. The molecule has 0 unspecified atom stereocenters. The van der Waals surface area contributed by atoms with Crippen LogP contribution in [0, 0.1) is 0 Å². The molecular weight excluding hydrogens is 326 g/mol. The van der Waals surface area contributed by atoms with Gasteiger partial charge in [0.05, 0.1) is 6.04 Å². The monoisotopic (exact) mass is 351 g/mol. The van der Waals surface area contributed by atoms with Crippen LogP contribution < -0.4 is 10.6 Å². The van der Waals surface area contributed by atoms with E-state index in [2.05, 4.69) is 52.4 Å². The highest BCUT2D eigenvalue weighted by Gasteiger charge is 2.26. The predicted molar refractivity (Wildman–Crippen MR) is 104 cm³/mol. The molecule has 0 aliphatic carbocycles. The molecule has 2 N–H and O–H groups in total. The maximum atomic E-state index is 12.1. The van der Waals surface area contributed by atoms with Crippen LogP contribution in [0.1, 0.15) is 24.4 Å². The number of rotatable bonds is 6. The van der Waals surface area contributed by atoms with Crippen molar-refractivity contribution in [1.82, 2.24) is 15.5 Å². The summed E-state index contributed by atoms with van der Waals surface area (Å²) in [6.45, 7) is 6.24. The third kappa shape index (κ3) is 4.11. The molecule has 0 spiro atoms. The SMILES string of the molecule is C=CCNC(=O)C(=O)NC[C@@H](c1cccc2ccccc12)N1CCCC1. The average molecular weight is 351 g/mol. The molecule has 1 aliphatic rings. The lowest BCUT2D eigenvalue weighted by molar-refractivity contribution is -0.139. The number of fused-ring (bicyclic) bond motifs is 1. The Kier molecular flexibility index (Phi) is 6.02. The second kappa shape index (κ2) is 8.63. The molecule has 5 nitrogen and oxygen atoms in total. The Morgan fingerprint density at radius 1 is 1.04 bits per heavy atom. The number of hydrogen-bond acceptors (Lipinski definition) is 3. The highest BCUT2D eigenvalue weighted by molar-refractivity contribution is 6.35. The Labute approximate surface area is 154 Å². The molecule has 1 saturated heterocycles. The molecule has 5 heteroatoms. The minimum absolute atomic E-state index is 0.0553. The number of carbonyl (C=O) groups excluding carboxylic acids is 2. The molecule has 26 heavy (non-hydrogen) atoms. The van der Waals surface area contributed by atoms with Gasteiger partial charge in [-0.2, -0.15) is 0 Å². The molecule has 2 aromatic rings. The van der Waals surface area contributed by atoms with Gasteiger partial charge in [0.25, 0.3) is 0 Å². The fourth-order valence-corrected chi connectivity index (χ4v) is 3.54. The summed E-state index contributed by atoms with van der Waals surface area (Å²) in [6.07, 6.45) is 3.87. The van der Waals surface area contributed by atoms with Crippen molar-refractivity contribution >= 4 is 22.6 Å². The van der Waals surface area contributed by atoms with E-state index in [1.165, 1.54) is 16.3 Å². The van der Waals surface area contributed by atoms with Gasteiger partial charge < -0.3 is 10.6 Å². The van der Waals surface area contributed by atoms with E-state index in [0.29, 0.717) is 6.54 Å². The molecule has 1 heterocycles. The summed E-state index contributed by atoms with van der Waals surface area (Å²) in [5, 5.41) is 7.69. The minimum Gasteiger partial charge on any atom is -0.346 e. The van der Waals surface area contributed by atoms with E-state index in [0.717, 1.165) is 25.9 Å². The van der Waals surface area contributed by atoms with Crippen LogP contribution in [-0.2, 0) is 9.59 Å². The fourth-order valence-electron chi connectivity index (χ4n) is 3.54. The van der Waals surface area contributed by atoms with E-state index < -0.39 is 11.8 Å². The number of benzene rings is 2. The van der Waals surface area contributed by atoms with Crippen LogP contribution in [-0.4, -0.2) is 42.9 Å². The molecule has 0 radical (unpaired) electrons. The predicted octanol–water partition coefficient (Wildman–Crippen LogP) is 2.40. The van der Waals surface area contributed by atoms with Crippen LogP contribution in [0.2, 0.25) is 0 Å². The summed E-state index contributed by atoms with van der Waals surface area (Å²) >= 11 is 0. The Balaban J connectivity index is 1.80. The summed E-state index contributed by atoms with van der Waals surface area (Å²) in [4.78, 5) is 26.3. The molecule has 2 amide bonds. The Bertz CT molecular complexity index is 791. The van der Waals surface area contributed by atoms with E-state index in [9.17, 15) is 9.59 Å². The first kappa shape index (κ1) is 18.1. The average Bonchev–Trinajstić information content (AvgIpc) is 3.20. The van der Waals surface area contributed by atoms with Gasteiger partial charge in [0.1, 0.15) is 0 Å². The van der Waals surface area contributed by atoms with Gasteiger partial charge in [0, 0.05) is 13.1 Å². The zero-order valence-corrected chi connectivity index (χ0v) is 14.9. The first-order valence-corrected chi connectivity index (χ1v) is 9.09. The van der Waals surface area contributed by atoms with Crippen LogP contribution in [0.15, 0.2) is 55.1 Å². The molecule has 0 bridgehead atoms. The van der Waals surface area contributed by atoms with Crippen molar-refractivity contribution in [2.75, 3.05) is 26.2 Å². The molecule has 0 saturated carbocycles. The first-order chi connectivity index (χ1) is 12.7. The maximum Gasteiger partial charge on any atom is 0.309 e. The number of hydrogen-bond donors (Lipinski definition) is 2. The smallest absolute Gasteiger partial charge is 0.309 e. The highest BCUT2D eigenvalue weighted by atomic mass is 16.2. The number of likely N-dealkylation sites (tertiary alicyclic amines) is 1. The van der Waals surface area contributed by atoms with E-state index in [1.807, 2.05) is 12.1 Å². The second-order valence-corrected chi connectivity index (χ2v) is 6.54. The summed E-state index contributed by atoms with van der Waals surface area (Å²) in [5.74, 6) is -1.22. The van der Waals surface area contributed by atoms with Crippen LogP contribution in [0.4, 0.5) is 0 Å². The lowest BCUT2D eigenvalue weighted by atomic mass is 9.97. The molecule has 136 valence electrons. The van der Waals surface area contributed by atoms with Crippen LogP contribution in [0.5, 0.6) is 0 Å². The van der Waals surface area contributed by atoms with Crippen molar-refractivity contribution in [2.24, 2.45) is 0 Å². The summed E-state index contributed by atoms with van der Waals surface area (Å²) < 4.78 is 0. The highest BCUT2D eigenvalue weighted by Crippen LogP contribution is 2.30. The van der Waals surface area contributed by atoms with Crippen molar-refractivity contribution in [3.63, 3.8) is 0 Å². The number of amides is 2. The van der Waals surface area contributed by atoms with Gasteiger partial charge in [-0.05, 0) is 42.3 Å². The quantitative estimate of drug-likeness (QED) is 0.621. The number of nitrogens with zero attached hydrogens (tertiary/aromatic N) is 1. The number of nitrogens with one attached hydrogen (secondary N) is 2. The number of carbonyl (C=O) groups is 2. The molecule has 3 rings (SSSR count). The van der Waals surface area contributed by atoms with Gasteiger partial charge in [-0.3, -0.25) is 14.5 Å². The molecule has 1 fully saturated rings. The first-order valence-electron chi connectivity index (χ1n) is 9.09. The Hall–Kier alpha value is -2.66. The van der Waals surface area contributed by atoms with E-state index in [1.54, 1.807) is 6.08 Å². The zero-order valence-electron chi connectivity index (χ0n) is 14.9. The third-order valence-electron chi connectivity index (χ3n) is 4.83. The summed E-state index contributed by atoms with van der Waals surface area (Å²) in [6, 6.07) is 14.6. The summed E-state index contributed by atoms with van der Waals surface area (Å²) in [5.41, 5.74) is 1.19. The lowest BCUT2D eigenvalue weighted by Gasteiger charge is -2.29. The lowest BCUT2D eigenvalue weighted by Crippen LogP contribution is -2.43. The van der Waals surface area contributed by atoms with Crippen LogP contribution in [0.25, 0.3) is 10.8 Å². The van der Waals surface area contributed by atoms with E-state index in [-0.39, 0.29) is 12.6 Å². The van der Waals surface area contributed by atoms with Gasteiger partial charge in [0.2, 0.25) is 0 Å². The van der Waals surface area contributed by atoms with Gasteiger partial charge >= 0.3 is 11.8 Å². The van der Waals surface area contributed by atoms with Gasteiger partial charge in [0.15, 0.2) is 0 Å². The molecule has 0 aromatic heterocycles. The minimum atomic E-state index is -0.622. The largest absolute Gasteiger partial charge is 0.346 e. The Morgan fingerprint density at radius 3 is 2.50 bits per heavy atom. The second-order valence-electron chi connectivity index (χ2n) is 6.54. The zero-order chi connectivity index (χ0) is 18.4. The van der Waals surface area contributed by atoms with Crippen LogP contribution in [0.3, 0.4) is 0 Å². The normalized spacial score (nSPS) is 15.5. The maximum absolute atomic E-state index is 12.1. The van der Waals surface area contributed by atoms with Crippen LogP contribution >= 0.6 is 0 Å². The summed E-state index contributed by atoms with van der Waals surface area (Å²) in [7, 11) is 0. The van der Waals surface area contributed by atoms with Crippen molar-refractivity contribution < 1.29 is 9.59 Å². The van der Waals surface area contributed by atoms with Crippen molar-refractivity contribution in [2.45, 2.75) is 18.9 Å². The van der Waals surface area contributed by atoms with Crippen molar-refractivity contribution in [1.29, 1.82) is 0 Å². The van der Waals surface area contributed by atoms with Crippen molar-refractivity contribution in [3.05, 3.63) is 60.7 Å². The third-order valence-corrected chi connectivity index (χ3v) is 4.83. The standard InChI is InChI=1S/C21H25N3O2/c1-2-12-22-20(25)21(26)23-15-19(24-13-5-6-14-24)18-11-7-9-16-8-3-4-10-17(16)18/h2-4,7-11,19H,1,5-6,12-15H2,(H,22,25)(H,23,26)/t19-/m0/s1. The van der Waals surface area contributed by atoms with Gasteiger partial charge in [-0.15, -0.1) is 6.58 Å². The van der Waals surface area contributed by atoms with E-state index in [4.69, 9.17) is 0 Å². The van der Waals surface area contributed by atoms with Gasteiger partial charge in [-0.25, -0.2) is 0 Å². The van der Waals surface area contributed by atoms with Gasteiger partial charge in [-0.1, -0.05) is 48.5 Å². The van der Waals surface area contributed by atoms with E-state index >= 15 is 0 Å². The molecule has 1 aliphatic heterocycles. The Morgan fingerprint density at radius 2 is 1.73 bits per heavy atom. The molecular formula is C21H25N3O2.